The van der Waals surface area contributed by atoms with Gasteiger partial charge in [-0.25, -0.2) is 4.98 Å². The Balaban J connectivity index is 2.21. The van der Waals surface area contributed by atoms with Crippen molar-refractivity contribution in [1.29, 1.82) is 0 Å². The van der Waals surface area contributed by atoms with Crippen molar-refractivity contribution in [3.8, 4) is 5.88 Å². The Hall–Kier alpha value is -2.57. The number of rotatable bonds is 3. The van der Waals surface area contributed by atoms with Crippen LogP contribution in [0, 0.1) is 0 Å². The Morgan fingerprint density at radius 2 is 1.88 bits per heavy atom. The Labute approximate surface area is 143 Å². The minimum Gasteiger partial charge on any atom is -0.475 e. The summed E-state index contributed by atoms with van der Waals surface area (Å²) >= 11 is 0. The summed E-state index contributed by atoms with van der Waals surface area (Å²) in [6.07, 6.45) is -3.06. The highest BCUT2D eigenvalue weighted by molar-refractivity contribution is 5.97. The van der Waals surface area contributed by atoms with Crippen LogP contribution in [0.4, 0.5) is 18.9 Å². The minimum absolute atomic E-state index is 0.0821. The molecular weight excluding hydrogens is 331 g/mol. The molecule has 1 unspecified atom stereocenters. The third-order valence-corrected chi connectivity index (χ3v) is 3.77. The molecule has 1 atom stereocenters. The van der Waals surface area contributed by atoms with Gasteiger partial charge in [-0.15, -0.1) is 0 Å². The molecule has 4 nitrogen and oxygen atoms in total. The molecule has 1 aromatic carbocycles. The largest absolute Gasteiger partial charge is 0.475 e. The molecule has 1 aliphatic heterocycles. The predicted octanol–water partition coefficient (Wildman–Crippen LogP) is 4.82. The maximum Gasteiger partial charge on any atom is 0.416 e. The van der Waals surface area contributed by atoms with Crippen molar-refractivity contribution >= 4 is 11.5 Å². The maximum absolute atomic E-state index is 13.5. The van der Waals surface area contributed by atoms with E-state index >= 15 is 0 Å². The fraction of sp³-hybridized carbons (Fsp3) is 0.333. The number of benzene rings is 1. The number of hydrogen-bond acceptors (Lipinski definition) is 4. The average Bonchev–Trinajstić information content (AvgIpc) is 2.52. The third-order valence-electron chi connectivity index (χ3n) is 3.77. The second-order valence-corrected chi connectivity index (χ2v) is 6.07. The summed E-state index contributed by atoms with van der Waals surface area (Å²) in [6.45, 7) is 5.39. The third kappa shape index (κ3) is 3.45. The minimum atomic E-state index is -4.47. The number of alkyl halides is 3. The quantitative estimate of drug-likeness (QED) is 0.864. The van der Waals surface area contributed by atoms with Crippen LogP contribution in [0.15, 0.2) is 41.5 Å². The molecule has 7 heteroatoms. The van der Waals surface area contributed by atoms with Gasteiger partial charge in [-0.3, -0.25) is 4.99 Å². The summed E-state index contributed by atoms with van der Waals surface area (Å²) in [5.41, 5.74) is 0.543. The van der Waals surface area contributed by atoms with Crippen LogP contribution >= 0.6 is 0 Å². The summed E-state index contributed by atoms with van der Waals surface area (Å²) in [5, 5.41) is 3.08. The van der Waals surface area contributed by atoms with Gasteiger partial charge in [0.05, 0.1) is 28.8 Å². The number of aliphatic imine (C=N–C) groups is 1. The van der Waals surface area contributed by atoms with Crippen molar-refractivity contribution in [3.05, 3.63) is 53.2 Å². The lowest BCUT2D eigenvalue weighted by atomic mass is 9.93. The van der Waals surface area contributed by atoms with E-state index in [4.69, 9.17) is 4.74 Å². The van der Waals surface area contributed by atoms with Crippen molar-refractivity contribution in [2.45, 2.75) is 39.1 Å². The topological polar surface area (TPSA) is 46.5 Å². The van der Waals surface area contributed by atoms with E-state index < -0.39 is 17.8 Å². The first kappa shape index (κ1) is 17.3. The van der Waals surface area contributed by atoms with E-state index in [0.29, 0.717) is 23.0 Å². The molecule has 0 bridgehead atoms. The molecule has 1 aromatic heterocycles. The number of fused-ring (bicyclic) bond motifs is 1. The van der Waals surface area contributed by atoms with E-state index in [1.54, 1.807) is 25.3 Å². The van der Waals surface area contributed by atoms with Crippen LogP contribution in [0.25, 0.3) is 0 Å². The van der Waals surface area contributed by atoms with Crippen LogP contribution in [0.5, 0.6) is 5.88 Å². The lowest BCUT2D eigenvalue weighted by molar-refractivity contribution is -0.138. The molecule has 0 spiro atoms. The molecule has 2 aromatic rings. The summed E-state index contributed by atoms with van der Waals surface area (Å²) in [5.74, 6) is 0.828. The van der Waals surface area contributed by atoms with Crippen molar-refractivity contribution in [1.82, 2.24) is 4.98 Å². The van der Waals surface area contributed by atoms with Crippen LogP contribution in [-0.2, 0) is 6.18 Å². The summed E-state index contributed by atoms with van der Waals surface area (Å²) in [4.78, 5) is 8.63. The molecule has 3 rings (SSSR count). The standard InChI is InChI=1S/C18H18F3N3O/c1-10(2)25-17-15-14(8-9-22-17)23-11(3)24-16(15)12-6-4-5-7-13(12)18(19,20)21/h4-10,16H,1-3H3,(H,23,24). The summed E-state index contributed by atoms with van der Waals surface area (Å²) in [7, 11) is 0. The fourth-order valence-corrected chi connectivity index (χ4v) is 2.85. The van der Waals surface area contributed by atoms with E-state index in [0.717, 1.165) is 6.07 Å². The van der Waals surface area contributed by atoms with Gasteiger partial charge in [-0.2, -0.15) is 13.2 Å². The molecule has 25 heavy (non-hydrogen) atoms. The average molecular weight is 349 g/mol. The highest BCUT2D eigenvalue weighted by Crippen LogP contribution is 2.44. The Kier molecular flexibility index (Phi) is 4.41. The fourth-order valence-electron chi connectivity index (χ4n) is 2.85. The first-order valence-electron chi connectivity index (χ1n) is 7.90. The number of ether oxygens (including phenoxy) is 1. The van der Waals surface area contributed by atoms with Crippen molar-refractivity contribution in [3.63, 3.8) is 0 Å². The Morgan fingerprint density at radius 3 is 2.56 bits per heavy atom. The molecule has 0 amide bonds. The number of aromatic nitrogens is 1. The van der Waals surface area contributed by atoms with E-state index in [1.807, 2.05) is 13.8 Å². The number of halogens is 3. The number of nitrogens with zero attached hydrogens (tertiary/aromatic N) is 2. The zero-order valence-electron chi connectivity index (χ0n) is 14.1. The first-order chi connectivity index (χ1) is 11.8. The van der Waals surface area contributed by atoms with Gasteiger partial charge in [-0.1, -0.05) is 18.2 Å². The molecule has 132 valence electrons. The molecule has 0 saturated carbocycles. The zero-order valence-corrected chi connectivity index (χ0v) is 14.1. The molecule has 1 N–H and O–H groups in total. The van der Waals surface area contributed by atoms with Gasteiger partial charge in [0.1, 0.15) is 6.04 Å². The SMILES string of the molecule is CC1=NC(c2ccccc2C(F)(F)F)c2c(ccnc2OC(C)C)N1. The van der Waals surface area contributed by atoms with Gasteiger partial charge in [0.2, 0.25) is 5.88 Å². The highest BCUT2D eigenvalue weighted by atomic mass is 19.4. The van der Waals surface area contributed by atoms with Gasteiger partial charge < -0.3 is 10.1 Å². The van der Waals surface area contributed by atoms with E-state index in [-0.39, 0.29) is 11.7 Å². The summed E-state index contributed by atoms with van der Waals surface area (Å²) in [6, 6.07) is 6.35. The number of amidine groups is 1. The van der Waals surface area contributed by atoms with Gasteiger partial charge >= 0.3 is 6.18 Å². The second-order valence-electron chi connectivity index (χ2n) is 6.07. The maximum atomic E-state index is 13.5. The van der Waals surface area contributed by atoms with Crippen LogP contribution in [0.3, 0.4) is 0 Å². The number of pyridine rings is 1. The molecule has 2 heterocycles. The molecule has 0 fully saturated rings. The lowest BCUT2D eigenvalue weighted by Crippen LogP contribution is -2.22. The second kappa shape index (κ2) is 6.38. The van der Waals surface area contributed by atoms with E-state index in [1.165, 1.54) is 12.1 Å². The molecular formula is C18H18F3N3O. The van der Waals surface area contributed by atoms with Crippen molar-refractivity contribution in [2.24, 2.45) is 4.99 Å². The number of hydrogen-bond donors (Lipinski definition) is 1. The van der Waals surface area contributed by atoms with Gasteiger partial charge in [0.15, 0.2) is 0 Å². The van der Waals surface area contributed by atoms with E-state index in [9.17, 15) is 13.2 Å². The zero-order chi connectivity index (χ0) is 18.2. The lowest BCUT2D eigenvalue weighted by Gasteiger charge is -2.28. The van der Waals surface area contributed by atoms with E-state index in [2.05, 4.69) is 15.3 Å². The Morgan fingerprint density at radius 1 is 1.16 bits per heavy atom. The number of anilines is 1. The monoisotopic (exact) mass is 349 g/mol. The molecule has 0 aliphatic carbocycles. The first-order valence-corrected chi connectivity index (χ1v) is 7.90. The summed E-state index contributed by atoms with van der Waals surface area (Å²) < 4.78 is 46.2. The van der Waals surface area contributed by atoms with Crippen LogP contribution in [-0.4, -0.2) is 16.9 Å². The molecule has 0 radical (unpaired) electrons. The van der Waals surface area contributed by atoms with Gasteiger partial charge in [0.25, 0.3) is 0 Å². The Bertz CT molecular complexity index is 815. The smallest absolute Gasteiger partial charge is 0.416 e. The van der Waals surface area contributed by atoms with Gasteiger partial charge in [0, 0.05) is 6.20 Å². The van der Waals surface area contributed by atoms with Crippen LogP contribution < -0.4 is 10.1 Å². The number of nitrogens with one attached hydrogen (secondary N) is 1. The predicted molar refractivity (Wildman–Crippen MR) is 90.0 cm³/mol. The molecule has 1 aliphatic rings. The van der Waals surface area contributed by atoms with Gasteiger partial charge in [-0.05, 0) is 38.5 Å². The van der Waals surface area contributed by atoms with Crippen LogP contribution in [0.1, 0.15) is 43.5 Å². The van der Waals surface area contributed by atoms with Crippen LogP contribution in [0.2, 0.25) is 0 Å². The van der Waals surface area contributed by atoms with Crippen molar-refractivity contribution < 1.29 is 17.9 Å². The van der Waals surface area contributed by atoms with Crippen molar-refractivity contribution in [2.75, 3.05) is 5.32 Å². The molecule has 0 saturated heterocycles. The highest BCUT2D eigenvalue weighted by Gasteiger charge is 2.37. The normalized spacial score (nSPS) is 16.9.